The number of aryl methyl sites for hydroxylation is 1. The van der Waals surface area contributed by atoms with Crippen LogP contribution in [0.5, 0.6) is 5.75 Å². The molecule has 142 valence electrons. The van der Waals surface area contributed by atoms with Crippen LogP contribution in [0.4, 0.5) is 0 Å². The largest absolute Gasteiger partial charge is 0.496 e. The number of hydrogen-bond donors (Lipinski definition) is 2. The molecule has 1 rings (SSSR count). The molecule has 0 aliphatic carbocycles. The van der Waals surface area contributed by atoms with Crippen LogP contribution >= 0.6 is 0 Å². The van der Waals surface area contributed by atoms with Crippen LogP contribution in [0.3, 0.4) is 0 Å². The van der Waals surface area contributed by atoms with E-state index in [9.17, 15) is 8.42 Å². The van der Waals surface area contributed by atoms with Gasteiger partial charge in [0.1, 0.15) is 15.6 Å². The Kier molecular flexibility index (Phi) is 8.75. The second kappa shape index (κ2) is 10.3. The number of hydrogen-bond acceptors (Lipinski definition) is 4. The lowest BCUT2D eigenvalue weighted by atomic mass is 10.1. The van der Waals surface area contributed by atoms with E-state index in [-0.39, 0.29) is 11.8 Å². The molecule has 0 aliphatic heterocycles. The zero-order valence-electron chi connectivity index (χ0n) is 15.9. The molecule has 0 radical (unpaired) electrons. The van der Waals surface area contributed by atoms with Crippen LogP contribution in [0.25, 0.3) is 0 Å². The molecule has 1 aromatic rings. The van der Waals surface area contributed by atoms with Gasteiger partial charge in [0.25, 0.3) is 0 Å². The molecule has 0 fully saturated rings. The minimum atomic E-state index is -2.94. The Morgan fingerprint density at radius 2 is 2.08 bits per heavy atom. The van der Waals surface area contributed by atoms with Crippen molar-refractivity contribution in [3.63, 3.8) is 0 Å². The molecule has 0 heterocycles. The van der Waals surface area contributed by atoms with Crippen molar-refractivity contribution < 1.29 is 13.2 Å². The SMILES string of the molecule is CCNC(=NCCc1ccc(C)c(OC)c1)NC(C)CCS(C)(=O)=O. The van der Waals surface area contributed by atoms with Gasteiger partial charge in [-0.1, -0.05) is 12.1 Å². The van der Waals surface area contributed by atoms with Gasteiger partial charge >= 0.3 is 0 Å². The smallest absolute Gasteiger partial charge is 0.191 e. The molecule has 0 saturated heterocycles. The molecule has 7 heteroatoms. The molecule has 0 aliphatic rings. The van der Waals surface area contributed by atoms with Crippen LogP contribution in [0.1, 0.15) is 31.4 Å². The summed E-state index contributed by atoms with van der Waals surface area (Å²) in [7, 11) is -1.27. The minimum Gasteiger partial charge on any atom is -0.496 e. The van der Waals surface area contributed by atoms with Crippen LogP contribution < -0.4 is 15.4 Å². The first kappa shape index (κ1) is 21.3. The molecule has 0 amide bonds. The van der Waals surface area contributed by atoms with E-state index in [0.717, 1.165) is 24.3 Å². The molecule has 0 saturated carbocycles. The summed E-state index contributed by atoms with van der Waals surface area (Å²) in [5.74, 6) is 1.77. The van der Waals surface area contributed by atoms with Gasteiger partial charge < -0.3 is 15.4 Å². The van der Waals surface area contributed by atoms with Gasteiger partial charge in [0.2, 0.25) is 0 Å². The summed E-state index contributed by atoms with van der Waals surface area (Å²) in [4.78, 5) is 4.58. The summed E-state index contributed by atoms with van der Waals surface area (Å²) in [5, 5.41) is 6.45. The van der Waals surface area contributed by atoms with Gasteiger partial charge in [-0.3, -0.25) is 4.99 Å². The Labute approximate surface area is 152 Å². The van der Waals surface area contributed by atoms with E-state index in [2.05, 4.69) is 27.8 Å². The number of rotatable bonds is 9. The van der Waals surface area contributed by atoms with Crippen molar-refractivity contribution in [2.45, 2.75) is 39.7 Å². The summed E-state index contributed by atoms with van der Waals surface area (Å²) in [5.41, 5.74) is 2.29. The van der Waals surface area contributed by atoms with Gasteiger partial charge in [-0.25, -0.2) is 8.42 Å². The van der Waals surface area contributed by atoms with Crippen molar-refractivity contribution in [2.24, 2.45) is 4.99 Å². The van der Waals surface area contributed by atoms with Crippen molar-refractivity contribution in [1.82, 2.24) is 10.6 Å². The van der Waals surface area contributed by atoms with E-state index >= 15 is 0 Å². The van der Waals surface area contributed by atoms with Crippen molar-refractivity contribution in [2.75, 3.05) is 32.2 Å². The fourth-order valence-corrected chi connectivity index (χ4v) is 3.11. The number of benzene rings is 1. The third-order valence-electron chi connectivity index (χ3n) is 3.79. The highest BCUT2D eigenvalue weighted by Gasteiger charge is 2.09. The number of methoxy groups -OCH3 is 1. The van der Waals surface area contributed by atoms with Gasteiger partial charge in [-0.2, -0.15) is 0 Å². The summed E-state index contributed by atoms with van der Waals surface area (Å²) in [6.07, 6.45) is 2.62. The molecule has 1 atom stereocenters. The molecule has 25 heavy (non-hydrogen) atoms. The molecule has 0 aromatic heterocycles. The number of ether oxygens (including phenoxy) is 1. The topological polar surface area (TPSA) is 79.8 Å². The Balaban J connectivity index is 2.60. The quantitative estimate of drug-likeness (QED) is 0.513. The zero-order chi connectivity index (χ0) is 18.9. The van der Waals surface area contributed by atoms with Gasteiger partial charge in [0, 0.05) is 25.4 Å². The van der Waals surface area contributed by atoms with Crippen LogP contribution in [0.2, 0.25) is 0 Å². The van der Waals surface area contributed by atoms with E-state index < -0.39 is 9.84 Å². The van der Waals surface area contributed by atoms with Gasteiger partial charge in [-0.05, 0) is 50.8 Å². The Morgan fingerprint density at radius 1 is 1.36 bits per heavy atom. The first-order valence-electron chi connectivity index (χ1n) is 8.61. The third kappa shape index (κ3) is 8.77. The van der Waals surface area contributed by atoms with Crippen LogP contribution in [0, 0.1) is 6.92 Å². The summed E-state index contributed by atoms with van der Waals surface area (Å²) >= 11 is 0. The van der Waals surface area contributed by atoms with Crippen LogP contribution in [0.15, 0.2) is 23.2 Å². The summed E-state index contributed by atoms with van der Waals surface area (Å²) in [6, 6.07) is 6.21. The second-order valence-electron chi connectivity index (χ2n) is 6.28. The first-order valence-corrected chi connectivity index (χ1v) is 10.7. The number of sulfone groups is 1. The predicted octanol–water partition coefficient (Wildman–Crippen LogP) is 1.92. The highest BCUT2D eigenvalue weighted by molar-refractivity contribution is 7.90. The van der Waals surface area contributed by atoms with Gasteiger partial charge in [0.05, 0.1) is 12.9 Å². The molecule has 1 aromatic carbocycles. The average Bonchev–Trinajstić information content (AvgIpc) is 2.54. The number of nitrogens with zero attached hydrogens (tertiary/aromatic N) is 1. The summed E-state index contributed by atoms with van der Waals surface area (Å²) in [6.45, 7) is 7.38. The van der Waals surface area contributed by atoms with E-state index in [1.54, 1.807) is 7.11 Å². The molecule has 0 spiro atoms. The van der Waals surface area contributed by atoms with Gasteiger partial charge in [-0.15, -0.1) is 0 Å². The number of guanidine groups is 1. The highest BCUT2D eigenvalue weighted by Crippen LogP contribution is 2.19. The Hall–Kier alpha value is -1.76. The fourth-order valence-electron chi connectivity index (χ4n) is 2.33. The van der Waals surface area contributed by atoms with Crippen molar-refractivity contribution in [1.29, 1.82) is 0 Å². The molecule has 0 bridgehead atoms. The summed E-state index contributed by atoms with van der Waals surface area (Å²) < 4.78 is 27.9. The van der Waals surface area contributed by atoms with Gasteiger partial charge in [0.15, 0.2) is 5.96 Å². The zero-order valence-corrected chi connectivity index (χ0v) is 16.7. The Morgan fingerprint density at radius 3 is 2.68 bits per heavy atom. The minimum absolute atomic E-state index is 0.0343. The standard InChI is InChI=1S/C18H31N3O3S/c1-6-19-18(21-15(3)10-12-25(5,22)23)20-11-9-16-8-7-14(2)17(13-16)24-4/h7-8,13,15H,6,9-12H2,1-5H3,(H2,19,20,21). The third-order valence-corrected chi connectivity index (χ3v) is 4.77. The second-order valence-corrected chi connectivity index (χ2v) is 8.54. The lowest BCUT2D eigenvalue weighted by Gasteiger charge is -2.17. The monoisotopic (exact) mass is 369 g/mol. The molecule has 1 unspecified atom stereocenters. The Bertz CT molecular complexity index is 672. The maximum absolute atomic E-state index is 11.3. The lowest BCUT2D eigenvalue weighted by molar-refractivity contribution is 0.411. The first-order chi connectivity index (χ1) is 11.7. The average molecular weight is 370 g/mol. The lowest BCUT2D eigenvalue weighted by Crippen LogP contribution is -2.43. The maximum Gasteiger partial charge on any atom is 0.191 e. The number of nitrogens with one attached hydrogen (secondary N) is 2. The molecular weight excluding hydrogens is 338 g/mol. The molecule has 2 N–H and O–H groups in total. The predicted molar refractivity (Wildman–Crippen MR) is 104 cm³/mol. The van der Waals surface area contributed by atoms with Crippen LogP contribution in [-0.2, 0) is 16.3 Å². The van der Waals surface area contributed by atoms with E-state index in [1.165, 1.54) is 11.8 Å². The van der Waals surface area contributed by atoms with E-state index in [1.807, 2.05) is 26.8 Å². The highest BCUT2D eigenvalue weighted by atomic mass is 32.2. The fraction of sp³-hybridized carbons (Fsp3) is 0.611. The van der Waals surface area contributed by atoms with Crippen LogP contribution in [-0.4, -0.2) is 52.6 Å². The maximum atomic E-state index is 11.3. The van der Waals surface area contributed by atoms with Crippen molar-refractivity contribution in [3.8, 4) is 5.75 Å². The van der Waals surface area contributed by atoms with E-state index in [4.69, 9.17) is 4.74 Å². The van der Waals surface area contributed by atoms with Crippen molar-refractivity contribution in [3.05, 3.63) is 29.3 Å². The normalized spacial score (nSPS) is 13.4. The molecular formula is C18H31N3O3S. The van der Waals surface area contributed by atoms with E-state index in [0.29, 0.717) is 18.9 Å². The number of aliphatic imine (C=N–C) groups is 1. The van der Waals surface area contributed by atoms with Crippen molar-refractivity contribution >= 4 is 15.8 Å². The molecule has 6 nitrogen and oxygen atoms in total.